The van der Waals surface area contributed by atoms with Gasteiger partial charge in [-0.1, -0.05) is 12.0 Å². The van der Waals surface area contributed by atoms with Gasteiger partial charge in [0.05, 0.1) is 6.26 Å². The van der Waals surface area contributed by atoms with E-state index in [1.54, 1.807) is 13.2 Å². The number of hydrogen-bond acceptors (Lipinski definition) is 5. The lowest BCUT2D eigenvalue weighted by Gasteiger charge is -2.22. The Bertz CT molecular complexity index is 643. The second-order valence-electron chi connectivity index (χ2n) is 4.79. The van der Waals surface area contributed by atoms with Gasteiger partial charge in [-0.15, -0.1) is 0 Å². The molecule has 0 radical (unpaired) electrons. The highest BCUT2D eigenvalue weighted by atomic mass is 32.2. The molecule has 0 spiro atoms. The molecule has 0 aromatic carbocycles. The van der Waals surface area contributed by atoms with Gasteiger partial charge in [-0.3, -0.25) is 5.21 Å². The van der Waals surface area contributed by atoms with Crippen LogP contribution in [0.2, 0.25) is 0 Å². The Balaban J connectivity index is 2.18. The summed E-state index contributed by atoms with van der Waals surface area (Å²) in [5, 5.41) is 10.6. The largest absolute Gasteiger partial charge is 0.473 e. The molecule has 2 rings (SSSR count). The van der Waals surface area contributed by atoms with E-state index in [1.165, 1.54) is 11.8 Å². The molecule has 22 heavy (non-hydrogen) atoms. The summed E-state index contributed by atoms with van der Waals surface area (Å²) in [4.78, 5) is 14.5. The zero-order chi connectivity index (χ0) is 16.2. The number of pyridine rings is 1. The minimum absolute atomic E-state index is 0.388. The number of urea groups is 1. The van der Waals surface area contributed by atoms with Crippen LogP contribution in [0, 0.1) is 18.8 Å². The second kappa shape index (κ2) is 6.73. The minimum Gasteiger partial charge on any atom is -0.473 e. The van der Waals surface area contributed by atoms with E-state index in [2.05, 4.69) is 16.8 Å². The van der Waals surface area contributed by atoms with Gasteiger partial charge in [-0.2, -0.15) is 5.06 Å². The van der Waals surface area contributed by atoms with Crippen LogP contribution in [0.5, 0.6) is 0 Å². The molecule has 1 aromatic rings. The van der Waals surface area contributed by atoms with Crippen molar-refractivity contribution in [3.63, 3.8) is 0 Å². The van der Waals surface area contributed by atoms with E-state index >= 15 is 0 Å². The van der Waals surface area contributed by atoms with Crippen LogP contribution < -0.4 is 5.73 Å². The van der Waals surface area contributed by atoms with E-state index in [0.29, 0.717) is 11.5 Å². The molecular weight excluding hydrogens is 302 g/mol. The third kappa shape index (κ3) is 3.93. The summed E-state index contributed by atoms with van der Waals surface area (Å²) in [5.41, 5.74) is 5.91. The molecule has 1 aliphatic heterocycles. The van der Waals surface area contributed by atoms with Crippen molar-refractivity contribution in [3.8, 4) is 11.8 Å². The lowest BCUT2D eigenvalue weighted by Crippen LogP contribution is -2.39. The van der Waals surface area contributed by atoms with Crippen LogP contribution in [-0.4, -0.2) is 32.3 Å². The number of primary amides is 1. The van der Waals surface area contributed by atoms with Crippen LogP contribution in [-0.2, 0) is 4.74 Å². The van der Waals surface area contributed by atoms with Crippen molar-refractivity contribution in [1.29, 1.82) is 0 Å². The third-order valence-electron chi connectivity index (χ3n) is 2.94. The Morgan fingerprint density at radius 1 is 1.64 bits per heavy atom. The standard InChI is InChI=1S/C15H17N3O3S/c1-11-5-3-6-13(17-11)22-15(8-4-10-21-15)9-7-12(2)18(20)14(16)19/h3-6,10,12,20H,8H2,1-2H3,(H2,16,19). The number of carbonyl (C=O) groups is 1. The zero-order valence-corrected chi connectivity index (χ0v) is 13.1. The summed E-state index contributed by atoms with van der Waals surface area (Å²) in [6, 6.07) is 4.03. The number of hydrogen-bond donors (Lipinski definition) is 2. The molecule has 0 bridgehead atoms. The summed E-state index contributed by atoms with van der Waals surface area (Å²) >= 11 is 1.39. The Hall–Kier alpha value is -2.17. The highest BCUT2D eigenvalue weighted by Gasteiger charge is 2.33. The van der Waals surface area contributed by atoms with E-state index in [9.17, 15) is 10.0 Å². The molecule has 2 unspecified atom stereocenters. The quantitative estimate of drug-likeness (QED) is 0.507. The van der Waals surface area contributed by atoms with Crippen LogP contribution in [0.3, 0.4) is 0 Å². The average Bonchev–Trinajstić information content (AvgIpc) is 2.92. The SMILES string of the molecule is Cc1cccc(SC2(C#CC(C)N(O)C(N)=O)CC=CO2)n1. The molecular formula is C15H17N3O3S. The number of nitrogens with two attached hydrogens (primary N) is 1. The fourth-order valence-electron chi connectivity index (χ4n) is 1.79. The first-order valence-corrected chi connectivity index (χ1v) is 7.49. The number of rotatable bonds is 3. The van der Waals surface area contributed by atoms with Crippen molar-refractivity contribution >= 4 is 17.8 Å². The number of ether oxygens (including phenoxy) is 1. The van der Waals surface area contributed by atoms with Gasteiger partial charge >= 0.3 is 6.03 Å². The number of nitrogens with zero attached hydrogens (tertiary/aromatic N) is 2. The van der Waals surface area contributed by atoms with Gasteiger partial charge < -0.3 is 10.5 Å². The highest BCUT2D eigenvalue weighted by molar-refractivity contribution is 8.00. The first-order valence-electron chi connectivity index (χ1n) is 6.68. The van der Waals surface area contributed by atoms with Crippen molar-refractivity contribution in [2.45, 2.75) is 36.3 Å². The summed E-state index contributed by atoms with van der Waals surface area (Å²) in [6.07, 6.45) is 4.04. The molecule has 0 saturated carbocycles. The van der Waals surface area contributed by atoms with Crippen molar-refractivity contribution in [1.82, 2.24) is 10.0 Å². The van der Waals surface area contributed by atoms with Crippen LogP contribution in [0.1, 0.15) is 19.0 Å². The Labute approximate surface area is 133 Å². The third-order valence-corrected chi connectivity index (χ3v) is 4.07. The summed E-state index contributed by atoms with van der Waals surface area (Å²) in [6.45, 7) is 3.48. The monoisotopic (exact) mass is 319 g/mol. The number of carbonyl (C=O) groups excluding carboxylic acids is 1. The molecule has 0 fully saturated rings. The molecule has 1 aliphatic rings. The normalized spacial score (nSPS) is 20.7. The van der Waals surface area contributed by atoms with Gasteiger partial charge in [0, 0.05) is 12.1 Å². The van der Waals surface area contributed by atoms with Crippen molar-refractivity contribution < 1.29 is 14.7 Å². The number of aromatic nitrogens is 1. The number of hydroxylamine groups is 2. The number of amides is 2. The van der Waals surface area contributed by atoms with Crippen molar-refractivity contribution in [2.24, 2.45) is 5.73 Å². The molecule has 116 valence electrons. The van der Waals surface area contributed by atoms with Crippen LogP contribution in [0.25, 0.3) is 0 Å². The van der Waals surface area contributed by atoms with Crippen molar-refractivity contribution in [2.75, 3.05) is 0 Å². The number of aryl methyl sites for hydroxylation is 1. The molecule has 0 saturated heterocycles. The predicted molar refractivity (Wildman–Crippen MR) is 82.9 cm³/mol. The first-order chi connectivity index (χ1) is 10.4. The fourth-order valence-corrected chi connectivity index (χ4v) is 2.86. The van der Waals surface area contributed by atoms with E-state index in [0.717, 1.165) is 10.7 Å². The fraction of sp³-hybridized carbons (Fsp3) is 0.333. The maximum Gasteiger partial charge on any atom is 0.339 e. The van der Waals surface area contributed by atoms with Crippen molar-refractivity contribution in [3.05, 3.63) is 36.2 Å². The average molecular weight is 319 g/mol. The van der Waals surface area contributed by atoms with Gasteiger partial charge in [0.15, 0.2) is 0 Å². The molecule has 2 atom stereocenters. The predicted octanol–water partition coefficient (Wildman–Crippen LogP) is 2.27. The van der Waals surface area contributed by atoms with E-state index in [4.69, 9.17) is 10.5 Å². The van der Waals surface area contributed by atoms with Crippen LogP contribution in [0.15, 0.2) is 35.6 Å². The van der Waals surface area contributed by atoms with E-state index < -0.39 is 17.0 Å². The van der Waals surface area contributed by atoms with Gasteiger partial charge in [-0.05, 0) is 49.7 Å². The first kappa shape index (κ1) is 16.2. The maximum absolute atomic E-state index is 10.9. The van der Waals surface area contributed by atoms with Crippen LogP contribution in [0.4, 0.5) is 4.79 Å². The van der Waals surface area contributed by atoms with Gasteiger partial charge in [0.1, 0.15) is 11.1 Å². The Morgan fingerprint density at radius 2 is 2.41 bits per heavy atom. The maximum atomic E-state index is 10.9. The Morgan fingerprint density at radius 3 is 3.00 bits per heavy atom. The smallest absolute Gasteiger partial charge is 0.339 e. The summed E-state index contributed by atoms with van der Waals surface area (Å²) in [7, 11) is 0. The topological polar surface area (TPSA) is 88.7 Å². The van der Waals surface area contributed by atoms with Gasteiger partial charge in [-0.25, -0.2) is 9.78 Å². The number of thioether (sulfide) groups is 1. The molecule has 0 aliphatic carbocycles. The van der Waals surface area contributed by atoms with E-state index in [1.807, 2.05) is 31.2 Å². The van der Waals surface area contributed by atoms with Gasteiger partial charge in [0.2, 0.25) is 4.93 Å². The summed E-state index contributed by atoms with van der Waals surface area (Å²) in [5.74, 6) is 5.77. The Kier molecular flexibility index (Phi) is 4.96. The van der Waals surface area contributed by atoms with E-state index in [-0.39, 0.29) is 0 Å². The molecule has 6 nitrogen and oxygen atoms in total. The van der Waals surface area contributed by atoms with Gasteiger partial charge in [0.25, 0.3) is 0 Å². The molecule has 7 heteroatoms. The lowest BCUT2D eigenvalue weighted by atomic mass is 10.2. The molecule has 1 aromatic heterocycles. The zero-order valence-electron chi connectivity index (χ0n) is 12.3. The van der Waals surface area contributed by atoms with Crippen LogP contribution >= 0.6 is 11.8 Å². The lowest BCUT2D eigenvalue weighted by molar-refractivity contribution is -0.0537. The molecule has 2 amide bonds. The minimum atomic E-state index is -0.950. The second-order valence-corrected chi connectivity index (χ2v) is 6.08. The highest BCUT2D eigenvalue weighted by Crippen LogP contribution is 2.39. The molecule has 3 N–H and O–H groups in total. The summed E-state index contributed by atoms with van der Waals surface area (Å²) < 4.78 is 5.63. The molecule has 2 heterocycles.